The van der Waals surface area contributed by atoms with Crippen LogP contribution in [-0.4, -0.2) is 56.1 Å². The Bertz CT molecular complexity index is 883. The van der Waals surface area contributed by atoms with Crippen molar-refractivity contribution in [2.45, 2.75) is 30.8 Å². The monoisotopic (exact) mass is 382 g/mol. The van der Waals surface area contributed by atoms with Gasteiger partial charge in [0.2, 0.25) is 5.91 Å². The Kier molecular flexibility index (Phi) is 5.21. The highest BCUT2D eigenvalue weighted by Crippen LogP contribution is 2.51. The number of likely N-dealkylation sites (tertiary alicyclic amines) is 1. The molecule has 4 rings (SSSR count). The van der Waals surface area contributed by atoms with Crippen LogP contribution in [0.25, 0.3) is 0 Å². The second kappa shape index (κ2) is 7.64. The van der Waals surface area contributed by atoms with Crippen LogP contribution >= 0.6 is 0 Å². The van der Waals surface area contributed by atoms with E-state index in [4.69, 9.17) is 4.74 Å². The quantitative estimate of drug-likeness (QED) is 0.813. The Hall–Kier alpha value is -2.24. The third kappa shape index (κ3) is 3.33. The van der Waals surface area contributed by atoms with Crippen molar-refractivity contribution in [1.82, 2.24) is 9.80 Å². The molecule has 0 N–H and O–H groups in total. The highest BCUT2D eigenvalue weighted by Gasteiger charge is 2.47. The third-order valence-corrected chi connectivity index (χ3v) is 5.99. The van der Waals surface area contributed by atoms with Crippen molar-refractivity contribution >= 4 is 5.91 Å². The maximum atomic E-state index is 14.3. The van der Waals surface area contributed by atoms with Crippen LogP contribution in [-0.2, 0) is 16.0 Å². The molecule has 148 valence electrons. The topological polar surface area (TPSA) is 32.8 Å². The van der Waals surface area contributed by atoms with E-state index in [9.17, 15) is 9.18 Å². The predicted octanol–water partition coefficient (Wildman–Crippen LogP) is 3.36. The van der Waals surface area contributed by atoms with Gasteiger partial charge in [0.05, 0.1) is 6.04 Å². The molecule has 2 aliphatic rings. The zero-order valence-electron chi connectivity index (χ0n) is 16.7. The van der Waals surface area contributed by atoms with Gasteiger partial charge < -0.3 is 14.5 Å². The molecule has 1 aliphatic carbocycles. The van der Waals surface area contributed by atoms with Crippen LogP contribution in [0.5, 0.6) is 0 Å². The first kappa shape index (κ1) is 19.1. The Morgan fingerprint density at radius 3 is 2.68 bits per heavy atom. The summed E-state index contributed by atoms with van der Waals surface area (Å²) in [7, 11) is 5.59. The van der Waals surface area contributed by atoms with E-state index < -0.39 is 0 Å². The smallest absolute Gasteiger partial charge is 0.249 e. The van der Waals surface area contributed by atoms with Crippen molar-refractivity contribution < 1.29 is 13.9 Å². The average molecular weight is 382 g/mol. The summed E-state index contributed by atoms with van der Waals surface area (Å²) in [6.07, 6.45) is 1.63. The minimum Gasteiger partial charge on any atom is -0.375 e. The number of fused-ring (bicyclic) bond motifs is 5. The first-order valence-corrected chi connectivity index (χ1v) is 9.80. The summed E-state index contributed by atoms with van der Waals surface area (Å²) in [6.45, 7) is 0.814. The van der Waals surface area contributed by atoms with Gasteiger partial charge in [-0.1, -0.05) is 30.3 Å². The molecule has 0 bridgehead atoms. The number of benzene rings is 2. The lowest BCUT2D eigenvalue weighted by atomic mass is 9.86. The molecule has 1 aliphatic heterocycles. The summed E-state index contributed by atoms with van der Waals surface area (Å²) in [5.74, 6) is -0.125. The molecule has 2 aromatic rings. The van der Waals surface area contributed by atoms with E-state index in [0.717, 1.165) is 30.5 Å². The number of hydrogen-bond acceptors (Lipinski definition) is 3. The van der Waals surface area contributed by atoms with Gasteiger partial charge in [-0.05, 0) is 61.3 Å². The van der Waals surface area contributed by atoms with Gasteiger partial charge in [-0.3, -0.25) is 4.79 Å². The lowest BCUT2D eigenvalue weighted by molar-refractivity contribution is -0.138. The molecule has 0 spiro atoms. The van der Waals surface area contributed by atoms with Gasteiger partial charge in [0.15, 0.2) is 0 Å². The van der Waals surface area contributed by atoms with Crippen LogP contribution in [0.15, 0.2) is 42.5 Å². The van der Waals surface area contributed by atoms with Crippen molar-refractivity contribution in [3.05, 3.63) is 70.5 Å². The van der Waals surface area contributed by atoms with Crippen molar-refractivity contribution in [2.75, 3.05) is 34.4 Å². The molecule has 1 saturated heterocycles. The fourth-order valence-electron chi connectivity index (χ4n) is 5.03. The molecule has 0 radical (unpaired) electrons. The summed E-state index contributed by atoms with van der Waals surface area (Å²) in [5.41, 5.74) is 4.59. The second-order valence-electron chi connectivity index (χ2n) is 8.16. The lowest BCUT2D eigenvalue weighted by Crippen LogP contribution is -2.44. The average Bonchev–Trinajstić information content (AvgIpc) is 2.96. The number of amides is 1. The van der Waals surface area contributed by atoms with E-state index in [-0.39, 0.29) is 36.3 Å². The van der Waals surface area contributed by atoms with Crippen LogP contribution in [0.3, 0.4) is 0 Å². The number of nitrogens with zero attached hydrogens (tertiary/aromatic N) is 2. The van der Waals surface area contributed by atoms with E-state index in [1.807, 2.05) is 25.1 Å². The first-order chi connectivity index (χ1) is 13.5. The zero-order valence-corrected chi connectivity index (χ0v) is 16.7. The van der Waals surface area contributed by atoms with Crippen molar-refractivity contribution in [3.63, 3.8) is 0 Å². The van der Waals surface area contributed by atoms with Gasteiger partial charge in [-0.2, -0.15) is 0 Å². The highest BCUT2D eigenvalue weighted by molar-refractivity contribution is 5.79. The molecule has 28 heavy (non-hydrogen) atoms. The number of methoxy groups -OCH3 is 1. The zero-order chi connectivity index (χ0) is 19.8. The van der Waals surface area contributed by atoms with Gasteiger partial charge in [0.1, 0.15) is 12.4 Å². The van der Waals surface area contributed by atoms with Crippen LogP contribution in [0.1, 0.15) is 40.6 Å². The molecule has 1 heterocycles. The minimum absolute atomic E-state index is 0.0311. The van der Waals surface area contributed by atoms with Crippen molar-refractivity contribution in [3.8, 4) is 0 Å². The predicted molar refractivity (Wildman–Crippen MR) is 107 cm³/mol. The van der Waals surface area contributed by atoms with Gasteiger partial charge in [-0.15, -0.1) is 0 Å². The van der Waals surface area contributed by atoms with E-state index in [1.165, 1.54) is 17.2 Å². The molecule has 0 saturated carbocycles. The number of ether oxygens (including phenoxy) is 1. The summed E-state index contributed by atoms with van der Waals surface area (Å²) in [4.78, 5) is 17.2. The molecule has 4 nitrogen and oxygen atoms in total. The van der Waals surface area contributed by atoms with E-state index in [0.29, 0.717) is 0 Å². The molecule has 3 atom stereocenters. The van der Waals surface area contributed by atoms with E-state index >= 15 is 0 Å². The molecular weight excluding hydrogens is 355 g/mol. The SMILES string of the molecule is COCC(=O)N1[C@@H](CN(C)C)C[C@@H]2c3ccccc3Cc3ccc(F)cc3[C@H]21. The van der Waals surface area contributed by atoms with E-state index in [2.05, 4.69) is 29.2 Å². The van der Waals surface area contributed by atoms with Crippen molar-refractivity contribution in [2.24, 2.45) is 0 Å². The summed E-state index contributed by atoms with van der Waals surface area (Å²) in [5, 5.41) is 0. The number of hydrogen-bond donors (Lipinski definition) is 0. The Balaban J connectivity index is 1.88. The van der Waals surface area contributed by atoms with Gasteiger partial charge in [0, 0.05) is 25.6 Å². The Morgan fingerprint density at radius 2 is 1.93 bits per heavy atom. The summed E-state index contributed by atoms with van der Waals surface area (Å²) >= 11 is 0. The first-order valence-electron chi connectivity index (χ1n) is 9.80. The minimum atomic E-state index is -0.251. The Labute approximate surface area is 165 Å². The normalized spacial score (nSPS) is 23.2. The van der Waals surface area contributed by atoms with Crippen LogP contribution in [0, 0.1) is 5.82 Å². The van der Waals surface area contributed by atoms with Gasteiger partial charge in [0.25, 0.3) is 0 Å². The number of rotatable bonds is 4. The summed E-state index contributed by atoms with van der Waals surface area (Å²) < 4.78 is 19.4. The standard InChI is InChI=1S/C23H27FN2O2/c1-25(2)13-18-12-21-19-7-5-4-6-15(19)10-16-8-9-17(24)11-20(16)23(21)26(18)22(27)14-28-3/h4-9,11,18,21,23H,10,12-14H2,1-3H3/t18-,21-,23-/m1/s1. The lowest BCUT2D eigenvalue weighted by Gasteiger charge is -2.33. The number of carbonyl (C=O) groups is 1. The second-order valence-corrected chi connectivity index (χ2v) is 8.16. The highest BCUT2D eigenvalue weighted by atomic mass is 19.1. The largest absolute Gasteiger partial charge is 0.375 e. The van der Waals surface area contributed by atoms with E-state index in [1.54, 1.807) is 13.2 Å². The van der Waals surface area contributed by atoms with Crippen molar-refractivity contribution in [1.29, 1.82) is 0 Å². The maximum absolute atomic E-state index is 14.3. The summed E-state index contributed by atoms with van der Waals surface area (Å²) in [6, 6.07) is 13.4. The van der Waals surface area contributed by atoms with Crippen LogP contribution in [0.2, 0.25) is 0 Å². The maximum Gasteiger partial charge on any atom is 0.249 e. The van der Waals surface area contributed by atoms with Gasteiger partial charge >= 0.3 is 0 Å². The fraction of sp³-hybridized carbons (Fsp3) is 0.435. The number of likely N-dealkylation sites (N-methyl/N-ethyl adjacent to an activating group) is 1. The van der Waals surface area contributed by atoms with Crippen LogP contribution in [0.4, 0.5) is 4.39 Å². The fourth-order valence-corrected chi connectivity index (χ4v) is 5.03. The molecule has 1 amide bonds. The molecular formula is C23H27FN2O2. The Morgan fingerprint density at radius 1 is 1.18 bits per heavy atom. The number of carbonyl (C=O) groups excluding carboxylic acids is 1. The molecule has 1 fully saturated rings. The third-order valence-electron chi connectivity index (χ3n) is 5.99. The van der Waals surface area contributed by atoms with Gasteiger partial charge in [-0.25, -0.2) is 4.39 Å². The van der Waals surface area contributed by atoms with Crippen LogP contribution < -0.4 is 0 Å². The molecule has 2 aromatic carbocycles. The molecule has 5 heteroatoms. The number of halogens is 1. The molecule has 0 aromatic heterocycles. The molecule has 0 unspecified atom stereocenters.